The first kappa shape index (κ1) is 21.0. The van der Waals surface area contributed by atoms with Crippen LogP contribution in [0.3, 0.4) is 0 Å². The number of hydrogen-bond donors (Lipinski definition) is 1. The van der Waals surface area contributed by atoms with E-state index in [1.807, 2.05) is 4.90 Å². The average molecular weight is 418 g/mol. The van der Waals surface area contributed by atoms with Crippen molar-refractivity contribution in [3.05, 3.63) is 59.2 Å². The van der Waals surface area contributed by atoms with Gasteiger partial charge < -0.3 is 15.0 Å². The number of carbonyl (C=O) groups is 1. The fraction of sp³-hybridized carbons (Fsp3) is 0.316. The normalized spacial score (nSPS) is 15.3. The lowest BCUT2D eigenvalue weighted by Crippen LogP contribution is -2.36. The molecule has 0 atom stereocenters. The van der Waals surface area contributed by atoms with Crippen LogP contribution in [0.15, 0.2) is 42.5 Å². The highest BCUT2D eigenvalue weighted by Gasteiger charge is 2.37. The molecule has 29 heavy (non-hydrogen) atoms. The monoisotopic (exact) mass is 418 g/mol. The molecule has 10 heteroatoms. The number of benzene rings is 2. The van der Waals surface area contributed by atoms with Crippen LogP contribution in [0.25, 0.3) is 0 Å². The van der Waals surface area contributed by atoms with Crippen molar-refractivity contribution in [2.24, 2.45) is 0 Å². The highest BCUT2D eigenvalue weighted by molar-refractivity contribution is 6.04. The number of amides is 1. The molecule has 0 unspecified atom stereocenters. The summed E-state index contributed by atoms with van der Waals surface area (Å²) in [5.74, 6) is -0.814. The molecule has 0 radical (unpaired) electrons. The first-order valence-corrected chi connectivity index (χ1v) is 8.57. The van der Waals surface area contributed by atoms with Gasteiger partial charge in [0, 0.05) is 30.0 Å². The summed E-state index contributed by atoms with van der Waals surface area (Å²) in [6.45, 7) is 2.49. The van der Waals surface area contributed by atoms with Crippen molar-refractivity contribution in [1.82, 2.24) is 0 Å². The molecule has 0 aromatic heterocycles. The lowest BCUT2D eigenvalue weighted by molar-refractivity contribution is -0.143. The van der Waals surface area contributed by atoms with Crippen LogP contribution in [0, 0.1) is 0 Å². The van der Waals surface area contributed by atoms with Gasteiger partial charge in [0.15, 0.2) is 0 Å². The molecular weight excluding hydrogens is 402 g/mol. The Balaban J connectivity index is 1.80. The minimum Gasteiger partial charge on any atom is -0.378 e. The van der Waals surface area contributed by atoms with Crippen molar-refractivity contribution < 1.29 is 35.9 Å². The predicted molar refractivity (Wildman–Crippen MR) is 93.9 cm³/mol. The second kappa shape index (κ2) is 7.94. The minimum atomic E-state index is -4.99. The summed E-state index contributed by atoms with van der Waals surface area (Å²) in [6.07, 6.45) is -9.97. The molecule has 2 aromatic rings. The lowest BCUT2D eigenvalue weighted by atomic mass is 10.1. The van der Waals surface area contributed by atoms with Crippen molar-refractivity contribution >= 4 is 17.3 Å². The average Bonchev–Trinajstić information content (AvgIpc) is 2.67. The van der Waals surface area contributed by atoms with Gasteiger partial charge in [-0.05, 0) is 42.5 Å². The number of rotatable bonds is 3. The van der Waals surface area contributed by atoms with Crippen molar-refractivity contribution in [2.75, 3.05) is 36.5 Å². The summed E-state index contributed by atoms with van der Waals surface area (Å²) in [4.78, 5) is 14.4. The van der Waals surface area contributed by atoms with E-state index in [0.717, 1.165) is 5.69 Å². The zero-order valence-electron chi connectivity index (χ0n) is 14.9. The molecule has 1 aliphatic rings. The maximum atomic E-state index is 12.9. The number of anilines is 2. The molecule has 4 nitrogen and oxygen atoms in total. The largest absolute Gasteiger partial charge is 0.416 e. The molecule has 0 aliphatic carbocycles. The van der Waals surface area contributed by atoms with E-state index in [0.29, 0.717) is 38.4 Å². The van der Waals surface area contributed by atoms with Gasteiger partial charge in [0.25, 0.3) is 5.91 Å². The van der Waals surface area contributed by atoms with Crippen LogP contribution in [0.5, 0.6) is 0 Å². The van der Waals surface area contributed by atoms with Crippen molar-refractivity contribution in [2.45, 2.75) is 12.4 Å². The molecule has 1 fully saturated rings. The number of morpholine rings is 1. The Morgan fingerprint density at radius 2 is 1.38 bits per heavy atom. The van der Waals surface area contributed by atoms with Crippen LogP contribution in [0.2, 0.25) is 0 Å². The van der Waals surface area contributed by atoms with Crippen LogP contribution >= 0.6 is 0 Å². The van der Waals surface area contributed by atoms with Crippen molar-refractivity contribution in [3.63, 3.8) is 0 Å². The Kier molecular flexibility index (Phi) is 5.74. The molecule has 0 bridgehead atoms. The lowest BCUT2D eigenvalue weighted by Gasteiger charge is -2.28. The fourth-order valence-corrected chi connectivity index (χ4v) is 2.88. The van der Waals surface area contributed by atoms with Gasteiger partial charge in [-0.2, -0.15) is 26.3 Å². The zero-order valence-corrected chi connectivity index (χ0v) is 14.9. The van der Waals surface area contributed by atoms with Crippen molar-refractivity contribution in [1.29, 1.82) is 0 Å². The summed E-state index contributed by atoms with van der Waals surface area (Å²) in [7, 11) is 0. The predicted octanol–water partition coefficient (Wildman–Crippen LogP) is 4.81. The summed E-state index contributed by atoms with van der Waals surface area (Å²) >= 11 is 0. The van der Waals surface area contributed by atoms with E-state index in [1.165, 1.54) is 12.1 Å². The molecule has 156 valence electrons. The van der Waals surface area contributed by atoms with E-state index in [2.05, 4.69) is 5.32 Å². The fourth-order valence-electron chi connectivity index (χ4n) is 2.88. The third kappa shape index (κ3) is 5.20. The highest BCUT2D eigenvalue weighted by Crippen LogP contribution is 2.37. The quantitative estimate of drug-likeness (QED) is 0.728. The zero-order chi connectivity index (χ0) is 21.2. The topological polar surface area (TPSA) is 41.6 Å². The number of halogens is 6. The van der Waals surface area contributed by atoms with Gasteiger partial charge in [-0.25, -0.2) is 0 Å². The van der Waals surface area contributed by atoms with Crippen LogP contribution in [0.1, 0.15) is 21.5 Å². The second-order valence-electron chi connectivity index (χ2n) is 6.39. The smallest absolute Gasteiger partial charge is 0.378 e. The number of ether oxygens (including phenoxy) is 1. The number of hydrogen-bond acceptors (Lipinski definition) is 3. The molecule has 2 aromatic carbocycles. The Morgan fingerprint density at radius 1 is 0.862 bits per heavy atom. The summed E-state index contributed by atoms with van der Waals surface area (Å²) < 4.78 is 82.8. The maximum Gasteiger partial charge on any atom is 0.416 e. The first-order valence-electron chi connectivity index (χ1n) is 8.57. The van der Waals surface area contributed by atoms with Crippen LogP contribution in [-0.2, 0) is 17.1 Å². The Labute approximate surface area is 162 Å². The SMILES string of the molecule is O=C(Nc1cc(C(F)(F)F)cc(C(F)(F)F)c1)c1ccc(N2CCOCC2)cc1. The van der Waals surface area contributed by atoms with E-state index in [-0.39, 0.29) is 11.6 Å². The van der Waals surface area contributed by atoms with Gasteiger partial charge in [0.05, 0.1) is 24.3 Å². The van der Waals surface area contributed by atoms with Crippen LogP contribution in [-0.4, -0.2) is 32.2 Å². The second-order valence-corrected chi connectivity index (χ2v) is 6.39. The van der Waals surface area contributed by atoms with Gasteiger partial charge in [-0.3, -0.25) is 4.79 Å². The van der Waals surface area contributed by atoms with Crippen molar-refractivity contribution in [3.8, 4) is 0 Å². The first-order chi connectivity index (χ1) is 13.5. The number of nitrogens with zero attached hydrogens (tertiary/aromatic N) is 1. The molecule has 0 spiro atoms. The van der Waals surface area contributed by atoms with Gasteiger partial charge in [-0.1, -0.05) is 0 Å². The Bertz CT molecular complexity index is 839. The summed E-state index contributed by atoms with van der Waals surface area (Å²) in [5.41, 5.74) is -2.64. The Morgan fingerprint density at radius 3 is 1.86 bits per heavy atom. The van der Waals surface area contributed by atoms with E-state index >= 15 is 0 Å². The molecule has 1 N–H and O–H groups in total. The van der Waals surface area contributed by atoms with E-state index in [4.69, 9.17) is 4.74 Å². The molecule has 1 amide bonds. The van der Waals surface area contributed by atoms with E-state index < -0.39 is 35.1 Å². The highest BCUT2D eigenvalue weighted by atomic mass is 19.4. The summed E-state index contributed by atoms with van der Waals surface area (Å²) in [5, 5.41) is 2.11. The number of carbonyl (C=O) groups excluding carboxylic acids is 1. The third-order valence-electron chi connectivity index (χ3n) is 4.35. The van der Waals surface area contributed by atoms with E-state index in [1.54, 1.807) is 12.1 Å². The van der Waals surface area contributed by atoms with E-state index in [9.17, 15) is 31.1 Å². The molecule has 0 saturated carbocycles. The molecule has 3 rings (SSSR count). The molecule has 1 aliphatic heterocycles. The standard InChI is InChI=1S/C19H16F6N2O2/c20-18(21,22)13-9-14(19(23,24)25)11-15(10-13)26-17(28)12-1-3-16(4-2-12)27-5-7-29-8-6-27/h1-4,9-11H,5-8H2,(H,26,28). The van der Waals surface area contributed by atoms with Gasteiger partial charge >= 0.3 is 12.4 Å². The molecule has 1 saturated heterocycles. The van der Waals surface area contributed by atoms with Gasteiger partial charge in [0.1, 0.15) is 0 Å². The molecule has 1 heterocycles. The number of nitrogens with one attached hydrogen (secondary N) is 1. The minimum absolute atomic E-state index is 0.00673. The molecular formula is C19H16F6N2O2. The van der Waals surface area contributed by atoms with Gasteiger partial charge in [-0.15, -0.1) is 0 Å². The number of alkyl halides is 6. The van der Waals surface area contributed by atoms with Gasteiger partial charge in [0.2, 0.25) is 0 Å². The van der Waals surface area contributed by atoms with Crippen LogP contribution in [0.4, 0.5) is 37.7 Å². The van der Waals surface area contributed by atoms with Crippen LogP contribution < -0.4 is 10.2 Å². The third-order valence-corrected chi connectivity index (χ3v) is 4.35. The summed E-state index contributed by atoms with van der Waals surface area (Å²) in [6, 6.07) is 7.18. The maximum absolute atomic E-state index is 12.9. The Hall–Kier alpha value is -2.75.